The number of benzene rings is 4. The van der Waals surface area contributed by atoms with Crippen molar-refractivity contribution in [2.24, 2.45) is 5.10 Å². The van der Waals surface area contributed by atoms with Crippen LogP contribution >= 0.6 is 11.6 Å². The summed E-state index contributed by atoms with van der Waals surface area (Å²) in [6.07, 6.45) is 1.48. The van der Waals surface area contributed by atoms with Crippen molar-refractivity contribution in [3.8, 4) is 28.4 Å². The lowest BCUT2D eigenvalue weighted by atomic mass is 10.0. The van der Waals surface area contributed by atoms with Gasteiger partial charge in [-0.3, -0.25) is 4.79 Å². The van der Waals surface area contributed by atoms with Gasteiger partial charge in [0.05, 0.1) is 25.5 Å². The van der Waals surface area contributed by atoms with Gasteiger partial charge in [-0.15, -0.1) is 0 Å². The molecule has 0 atom stereocenters. The summed E-state index contributed by atoms with van der Waals surface area (Å²) in [7, 11) is 1.59. The number of carbonyl (C=O) groups is 2. The van der Waals surface area contributed by atoms with Crippen molar-refractivity contribution in [1.82, 2.24) is 10.4 Å². The number of hydrogen-bond donors (Lipinski definition) is 2. The van der Waals surface area contributed by atoms with E-state index in [-0.39, 0.29) is 5.75 Å². The molecule has 9 heteroatoms. The van der Waals surface area contributed by atoms with Crippen molar-refractivity contribution in [3.63, 3.8) is 0 Å². The molecule has 212 valence electrons. The van der Waals surface area contributed by atoms with Crippen LogP contribution in [-0.4, -0.2) is 36.8 Å². The van der Waals surface area contributed by atoms with Crippen LogP contribution in [0.2, 0.25) is 5.02 Å². The average Bonchev–Trinajstić information content (AvgIpc) is 3.37. The van der Waals surface area contributed by atoms with Crippen LogP contribution in [0.25, 0.3) is 22.0 Å². The number of fused-ring (bicyclic) bond motifs is 1. The predicted octanol–water partition coefficient (Wildman–Crippen LogP) is 7.19. The maximum absolute atomic E-state index is 13.4. The van der Waals surface area contributed by atoms with Crippen LogP contribution < -0.4 is 19.6 Å². The maximum Gasteiger partial charge on any atom is 0.343 e. The van der Waals surface area contributed by atoms with Crippen molar-refractivity contribution in [3.05, 3.63) is 112 Å². The minimum Gasteiger partial charge on any atom is -0.497 e. The quantitative estimate of drug-likeness (QED) is 0.0830. The summed E-state index contributed by atoms with van der Waals surface area (Å²) in [6.45, 7) is 4.10. The Morgan fingerprint density at radius 2 is 1.81 bits per heavy atom. The molecule has 0 fully saturated rings. The molecular formula is C33H28ClN3O5. The van der Waals surface area contributed by atoms with Crippen molar-refractivity contribution in [2.45, 2.75) is 13.8 Å². The molecule has 0 spiro atoms. The zero-order chi connectivity index (χ0) is 29.6. The monoisotopic (exact) mass is 581 g/mol. The highest BCUT2D eigenvalue weighted by Gasteiger charge is 2.21. The molecule has 1 aromatic heterocycles. The summed E-state index contributed by atoms with van der Waals surface area (Å²) >= 11 is 6.53. The van der Waals surface area contributed by atoms with E-state index in [9.17, 15) is 9.59 Å². The zero-order valence-corrected chi connectivity index (χ0v) is 24.0. The third-order valence-corrected chi connectivity index (χ3v) is 6.81. The van der Waals surface area contributed by atoms with Crippen LogP contribution in [0.3, 0.4) is 0 Å². The number of H-pyrrole nitrogens is 1. The topological polar surface area (TPSA) is 102 Å². The number of halogens is 1. The molecule has 0 bridgehead atoms. The van der Waals surface area contributed by atoms with E-state index < -0.39 is 11.9 Å². The van der Waals surface area contributed by atoms with Gasteiger partial charge in [0.1, 0.15) is 11.4 Å². The Morgan fingerprint density at radius 3 is 2.57 bits per heavy atom. The lowest BCUT2D eigenvalue weighted by molar-refractivity contribution is 0.0728. The second kappa shape index (κ2) is 12.6. The molecule has 5 aromatic rings. The summed E-state index contributed by atoms with van der Waals surface area (Å²) in [5.41, 5.74) is 7.00. The number of aryl methyl sites for hydroxylation is 1. The first-order valence-corrected chi connectivity index (χ1v) is 13.6. The number of ether oxygens (including phenoxy) is 3. The van der Waals surface area contributed by atoms with Crippen LogP contribution in [0.4, 0.5) is 0 Å². The Labute approximate surface area is 247 Å². The number of carbonyl (C=O) groups excluding carboxylic acids is 2. The molecule has 0 saturated heterocycles. The molecule has 0 saturated carbocycles. The van der Waals surface area contributed by atoms with E-state index in [1.165, 1.54) is 6.21 Å². The van der Waals surface area contributed by atoms with Gasteiger partial charge < -0.3 is 19.2 Å². The van der Waals surface area contributed by atoms with Crippen LogP contribution in [0.5, 0.6) is 17.2 Å². The molecule has 4 aromatic carbocycles. The Bertz CT molecular complexity index is 1810. The van der Waals surface area contributed by atoms with Gasteiger partial charge in [-0.25, -0.2) is 10.2 Å². The van der Waals surface area contributed by atoms with Gasteiger partial charge in [0.25, 0.3) is 5.91 Å². The van der Waals surface area contributed by atoms with Crippen molar-refractivity contribution in [2.75, 3.05) is 13.7 Å². The molecule has 8 nitrogen and oxygen atoms in total. The SMILES string of the molecule is CCOc1cc(C=NNC(=O)c2[nH]c3ccc(OC)cc3c2-c2ccccc2Cl)ccc1OC(=O)c1cccc(C)c1. The molecule has 0 aliphatic rings. The van der Waals surface area contributed by atoms with E-state index in [0.717, 1.165) is 16.5 Å². The summed E-state index contributed by atoms with van der Waals surface area (Å²) in [4.78, 5) is 29.2. The molecule has 0 radical (unpaired) electrons. The summed E-state index contributed by atoms with van der Waals surface area (Å²) < 4.78 is 16.7. The number of hydrogen-bond acceptors (Lipinski definition) is 6. The van der Waals surface area contributed by atoms with Gasteiger partial charge in [0.2, 0.25) is 0 Å². The minimum atomic E-state index is -0.487. The normalized spacial score (nSPS) is 11.0. The molecule has 5 rings (SSSR count). The Balaban J connectivity index is 1.39. The third-order valence-electron chi connectivity index (χ3n) is 6.48. The highest BCUT2D eigenvalue weighted by molar-refractivity contribution is 6.34. The average molecular weight is 582 g/mol. The number of nitrogens with zero attached hydrogens (tertiary/aromatic N) is 1. The molecule has 0 unspecified atom stereocenters. The van der Waals surface area contributed by atoms with Crippen molar-refractivity contribution < 1.29 is 23.8 Å². The summed E-state index contributed by atoms with van der Waals surface area (Å²) in [5, 5.41) is 5.45. The van der Waals surface area contributed by atoms with Gasteiger partial charge in [0, 0.05) is 27.1 Å². The second-order valence-electron chi connectivity index (χ2n) is 9.36. The van der Waals surface area contributed by atoms with Crippen LogP contribution in [0.1, 0.15) is 38.9 Å². The fraction of sp³-hybridized carbons (Fsp3) is 0.121. The smallest absolute Gasteiger partial charge is 0.343 e. The zero-order valence-electron chi connectivity index (χ0n) is 23.2. The minimum absolute atomic E-state index is 0.280. The van der Waals surface area contributed by atoms with E-state index in [0.29, 0.717) is 51.1 Å². The van der Waals surface area contributed by atoms with Gasteiger partial charge in [-0.05, 0) is 74.0 Å². The van der Waals surface area contributed by atoms with Crippen molar-refractivity contribution >= 4 is 40.6 Å². The number of methoxy groups -OCH3 is 1. The molecule has 0 aliphatic carbocycles. The van der Waals surface area contributed by atoms with E-state index in [1.54, 1.807) is 49.6 Å². The molecule has 42 heavy (non-hydrogen) atoms. The number of nitrogens with one attached hydrogen (secondary N) is 2. The highest BCUT2D eigenvalue weighted by Crippen LogP contribution is 2.38. The number of esters is 1. The Morgan fingerprint density at radius 1 is 0.976 bits per heavy atom. The molecular weight excluding hydrogens is 554 g/mol. The van der Waals surface area contributed by atoms with Gasteiger partial charge in [0.15, 0.2) is 11.5 Å². The third kappa shape index (κ3) is 6.14. The number of aromatic nitrogens is 1. The van der Waals surface area contributed by atoms with E-state index >= 15 is 0 Å². The van der Waals surface area contributed by atoms with Gasteiger partial charge in [-0.2, -0.15) is 5.10 Å². The van der Waals surface area contributed by atoms with Crippen LogP contribution in [0, 0.1) is 6.92 Å². The molecule has 1 heterocycles. The number of amides is 1. The number of aromatic amines is 1. The van der Waals surface area contributed by atoms with Crippen LogP contribution in [-0.2, 0) is 0 Å². The van der Waals surface area contributed by atoms with Crippen molar-refractivity contribution in [1.29, 1.82) is 0 Å². The lowest BCUT2D eigenvalue weighted by Gasteiger charge is -2.11. The molecule has 1 amide bonds. The van der Waals surface area contributed by atoms with E-state index in [1.807, 2.05) is 56.3 Å². The van der Waals surface area contributed by atoms with Gasteiger partial charge >= 0.3 is 5.97 Å². The molecule has 2 N–H and O–H groups in total. The fourth-order valence-corrected chi connectivity index (χ4v) is 4.75. The highest BCUT2D eigenvalue weighted by atomic mass is 35.5. The molecule has 0 aliphatic heterocycles. The number of hydrazone groups is 1. The Kier molecular flexibility index (Phi) is 8.55. The standard InChI is InChI=1S/C33H28ClN3O5/c1-4-41-29-17-21(12-15-28(29)42-33(39)22-9-7-8-20(2)16-22)19-35-37-32(38)31-30(24-10-5-6-11-26(24)34)25-18-23(40-3)13-14-27(25)36-31/h5-19,36H,4H2,1-3H3,(H,37,38). The van der Waals surface area contributed by atoms with E-state index in [4.69, 9.17) is 25.8 Å². The van der Waals surface area contributed by atoms with Gasteiger partial charge in [-0.1, -0.05) is 47.5 Å². The fourth-order valence-electron chi connectivity index (χ4n) is 4.52. The first-order valence-electron chi connectivity index (χ1n) is 13.2. The first-order chi connectivity index (χ1) is 20.4. The van der Waals surface area contributed by atoms with E-state index in [2.05, 4.69) is 15.5 Å². The second-order valence-corrected chi connectivity index (χ2v) is 9.77. The Hall–Kier alpha value is -5.08. The maximum atomic E-state index is 13.4. The number of rotatable bonds is 9. The summed E-state index contributed by atoms with van der Waals surface area (Å²) in [5.74, 6) is 0.364. The lowest BCUT2D eigenvalue weighted by Crippen LogP contribution is -2.19. The summed E-state index contributed by atoms with van der Waals surface area (Å²) in [6, 6.07) is 25.0. The van der Waals surface area contributed by atoms with Crippen LogP contribution in [0.15, 0.2) is 90.0 Å². The predicted molar refractivity (Wildman–Crippen MR) is 164 cm³/mol. The first kappa shape index (κ1) is 28.4. The largest absolute Gasteiger partial charge is 0.497 e.